The van der Waals surface area contributed by atoms with Crippen molar-refractivity contribution in [1.82, 2.24) is 0 Å². The Labute approximate surface area is 112 Å². The van der Waals surface area contributed by atoms with Crippen LogP contribution in [0.15, 0.2) is 0 Å². The van der Waals surface area contributed by atoms with Crippen LogP contribution in [0.5, 0.6) is 0 Å². The summed E-state index contributed by atoms with van der Waals surface area (Å²) in [6.07, 6.45) is 4.22. The molecule has 0 aromatic heterocycles. The van der Waals surface area contributed by atoms with Crippen LogP contribution in [0.4, 0.5) is 0 Å². The predicted octanol–water partition coefficient (Wildman–Crippen LogP) is 4.08. The number of hydrogen-bond acceptors (Lipinski definition) is 2. The maximum atomic E-state index is 12.9. The third kappa shape index (κ3) is 3.14. The van der Waals surface area contributed by atoms with Crippen LogP contribution in [0.3, 0.4) is 0 Å². The first-order valence-electron chi connectivity index (χ1n) is 7.26. The topological polar surface area (TPSA) is 26.3 Å². The Bertz CT molecular complexity index is 278. The highest BCUT2D eigenvalue weighted by Crippen LogP contribution is 2.48. The molecule has 1 aliphatic carbocycles. The van der Waals surface area contributed by atoms with Crippen LogP contribution in [0.25, 0.3) is 0 Å². The fraction of sp³-hybridized carbons (Fsp3) is 0.938. The van der Waals surface area contributed by atoms with Gasteiger partial charge in [-0.15, -0.1) is 0 Å². The molecule has 0 bridgehead atoms. The maximum Gasteiger partial charge on any atom is 0.142 e. The van der Waals surface area contributed by atoms with Crippen LogP contribution in [-0.4, -0.2) is 19.5 Å². The molecule has 0 heterocycles. The van der Waals surface area contributed by atoms with Crippen molar-refractivity contribution in [1.29, 1.82) is 0 Å². The van der Waals surface area contributed by atoms with Gasteiger partial charge in [0.15, 0.2) is 0 Å². The summed E-state index contributed by atoms with van der Waals surface area (Å²) < 4.78 is 5.44. The molecule has 2 heteroatoms. The summed E-state index contributed by atoms with van der Waals surface area (Å²) in [7, 11) is 1.72. The molecule has 2 nitrogen and oxygen atoms in total. The van der Waals surface area contributed by atoms with Crippen molar-refractivity contribution in [2.75, 3.05) is 13.7 Å². The number of ether oxygens (including phenoxy) is 1. The monoisotopic (exact) mass is 254 g/mol. The molecule has 1 saturated carbocycles. The molecule has 1 fully saturated rings. The van der Waals surface area contributed by atoms with E-state index in [0.717, 1.165) is 12.8 Å². The van der Waals surface area contributed by atoms with Gasteiger partial charge in [-0.25, -0.2) is 0 Å². The van der Waals surface area contributed by atoms with Crippen LogP contribution < -0.4 is 0 Å². The van der Waals surface area contributed by atoms with Crippen molar-refractivity contribution in [2.24, 2.45) is 22.7 Å². The summed E-state index contributed by atoms with van der Waals surface area (Å²) in [5, 5.41) is 0. The van der Waals surface area contributed by atoms with E-state index < -0.39 is 0 Å². The van der Waals surface area contributed by atoms with Gasteiger partial charge in [0.25, 0.3) is 0 Å². The van der Waals surface area contributed by atoms with Gasteiger partial charge in [-0.3, -0.25) is 4.79 Å². The third-order valence-electron chi connectivity index (χ3n) is 4.63. The number of rotatable bonds is 4. The van der Waals surface area contributed by atoms with Crippen LogP contribution in [-0.2, 0) is 9.53 Å². The lowest BCUT2D eigenvalue weighted by molar-refractivity contribution is -0.145. The molecule has 2 atom stereocenters. The fourth-order valence-electron chi connectivity index (χ4n) is 3.53. The van der Waals surface area contributed by atoms with E-state index in [0.29, 0.717) is 30.6 Å². The predicted molar refractivity (Wildman–Crippen MR) is 75.6 cm³/mol. The minimum absolute atomic E-state index is 0.0642. The molecule has 2 unspecified atom stereocenters. The molecule has 0 radical (unpaired) electrons. The van der Waals surface area contributed by atoms with E-state index in [1.54, 1.807) is 7.11 Å². The van der Waals surface area contributed by atoms with Gasteiger partial charge in [-0.05, 0) is 30.1 Å². The second-order valence-electron chi connectivity index (χ2n) is 7.37. The molecule has 0 N–H and O–H groups in total. The first kappa shape index (κ1) is 15.7. The average molecular weight is 254 g/mol. The number of methoxy groups -OCH3 is 1. The Kier molecular flexibility index (Phi) is 4.99. The number of carbonyl (C=O) groups excluding carboxylic acids is 1. The van der Waals surface area contributed by atoms with Crippen LogP contribution in [0.2, 0.25) is 0 Å². The van der Waals surface area contributed by atoms with E-state index in [1.165, 1.54) is 6.42 Å². The Hall–Kier alpha value is -0.370. The van der Waals surface area contributed by atoms with Crippen molar-refractivity contribution in [3.8, 4) is 0 Å². The lowest BCUT2D eigenvalue weighted by Gasteiger charge is -2.46. The van der Waals surface area contributed by atoms with E-state index >= 15 is 0 Å². The molecule has 0 aromatic rings. The zero-order chi connectivity index (χ0) is 14.0. The van der Waals surface area contributed by atoms with Gasteiger partial charge in [-0.1, -0.05) is 41.0 Å². The minimum atomic E-state index is -0.250. The first-order valence-corrected chi connectivity index (χ1v) is 7.26. The maximum absolute atomic E-state index is 12.9. The van der Waals surface area contributed by atoms with E-state index in [4.69, 9.17) is 4.74 Å². The molecule has 0 saturated heterocycles. The van der Waals surface area contributed by atoms with Crippen molar-refractivity contribution in [3.05, 3.63) is 0 Å². The van der Waals surface area contributed by atoms with Crippen molar-refractivity contribution in [2.45, 2.75) is 60.3 Å². The second kappa shape index (κ2) is 5.73. The van der Waals surface area contributed by atoms with Gasteiger partial charge < -0.3 is 4.74 Å². The molecule has 18 heavy (non-hydrogen) atoms. The van der Waals surface area contributed by atoms with Gasteiger partial charge in [0.1, 0.15) is 5.78 Å². The number of ketones is 1. The van der Waals surface area contributed by atoms with E-state index in [-0.39, 0.29) is 10.8 Å². The molecule has 0 amide bonds. The summed E-state index contributed by atoms with van der Waals surface area (Å²) >= 11 is 0. The number of hydrogen-bond donors (Lipinski definition) is 0. The quantitative estimate of drug-likeness (QED) is 0.755. The van der Waals surface area contributed by atoms with Gasteiger partial charge >= 0.3 is 0 Å². The molecule has 0 spiro atoms. The highest BCUT2D eigenvalue weighted by Gasteiger charge is 2.49. The third-order valence-corrected chi connectivity index (χ3v) is 4.63. The average Bonchev–Trinajstić information content (AvgIpc) is 2.21. The lowest BCUT2D eigenvalue weighted by atomic mass is 9.58. The summed E-state index contributed by atoms with van der Waals surface area (Å²) in [6, 6.07) is 0. The molecule has 0 aliphatic heterocycles. The van der Waals surface area contributed by atoms with Gasteiger partial charge in [-0.2, -0.15) is 0 Å². The van der Waals surface area contributed by atoms with Crippen LogP contribution in [0.1, 0.15) is 60.3 Å². The van der Waals surface area contributed by atoms with Crippen LogP contribution >= 0.6 is 0 Å². The van der Waals surface area contributed by atoms with E-state index in [9.17, 15) is 4.79 Å². The van der Waals surface area contributed by atoms with Crippen molar-refractivity contribution >= 4 is 5.78 Å². The lowest BCUT2D eigenvalue weighted by Crippen LogP contribution is -2.49. The summed E-state index contributed by atoms with van der Waals surface area (Å²) in [4.78, 5) is 12.9. The number of carbonyl (C=O) groups is 1. The van der Waals surface area contributed by atoms with Crippen molar-refractivity contribution in [3.63, 3.8) is 0 Å². The second-order valence-corrected chi connectivity index (χ2v) is 7.37. The summed E-state index contributed by atoms with van der Waals surface area (Å²) in [5.74, 6) is 1.30. The van der Waals surface area contributed by atoms with E-state index in [2.05, 4.69) is 34.6 Å². The normalized spacial score (nSPS) is 33.4. The molecule has 0 aromatic carbocycles. The van der Waals surface area contributed by atoms with Crippen LogP contribution in [0, 0.1) is 22.7 Å². The number of Topliss-reactive ketones (excluding diaryl/α,β-unsaturated/α-hetero) is 1. The SMILES string of the molecule is COCC1(C(=O)CC(C)(C)C)C(C)CCCC1C. The standard InChI is InChI=1S/C16H30O2/c1-12-8-7-9-13(2)16(12,11-18-6)14(17)10-15(3,4)5/h12-13H,7-11H2,1-6H3. The Morgan fingerprint density at radius 3 is 2.11 bits per heavy atom. The van der Waals surface area contributed by atoms with Gasteiger partial charge in [0, 0.05) is 13.5 Å². The van der Waals surface area contributed by atoms with Crippen molar-refractivity contribution < 1.29 is 9.53 Å². The summed E-state index contributed by atoms with van der Waals surface area (Å²) in [5.41, 5.74) is -0.186. The zero-order valence-electron chi connectivity index (χ0n) is 13.0. The fourth-order valence-corrected chi connectivity index (χ4v) is 3.53. The van der Waals surface area contributed by atoms with Gasteiger partial charge in [0.2, 0.25) is 0 Å². The Morgan fingerprint density at radius 1 is 1.22 bits per heavy atom. The Balaban J connectivity index is 3.00. The van der Waals surface area contributed by atoms with Gasteiger partial charge in [0.05, 0.1) is 12.0 Å². The molecule has 1 rings (SSSR count). The molecule has 1 aliphatic rings. The smallest absolute Gasteiger partial charge is 0.142 e. The highest BCUT2D eigenvalue weighted by molar-refractivity contribution is 5.86. The summed E-state index contributed by atoms with van der Waals surface area (Å²) in [6.45, 7) is 11.5. The van der Waals surface area contributed by atoms with E-state index in [1.807, 2.05) is 0 Å². The first-order chi connectivity index (χ1) is 8.24. The largest absolute Gasteiger partial charge is 0.384 e. The zero-order valence-corrected chi connectivity index (χ0v) is 13.0. The Morgan fingerprint density at radius 2 is 1.72 bits per heavy atom. The molecule has 106 valence electrons. The highest BCUT2D eigenvalue weighted by atomic mass is 16.5. The molecular weight excluding hydrogens is 224 g/mol. The minimum Gasteiger partial charge on any atom is -0.384 e. The molecular formula is C16H30O2.